The van der Waals surface area contributed by atoms with Gasteiger partial charge in [0.15, 0.2) is 0 Å². The summed E-state index contributed by atoms with van der Waals surface area (Å²) in [4.78, 5) is 0.0455. The van der Waals surface area contributed by atoms with Gasteiger partial charge in [-0.2, -0.15) is 0 Å². The molecule has 2 aromatic rings. The molecule has 0 bridgehead atoms. The highest BCUT2D eigenvalue weighted by Gasteiger charge is 2.16. The highest BCUT2D eigenvalue weighted by molar-refractivity contribution is 7.92. The van der Waals surface area contributed by atoms with Crippen molar-refractivity contribution in [2.75, 3.05) is 11.3 Å². The van der Waals surface area contributed by atoms with Crippen LogP contribution in [0.2, 0.25) is 0 Å². The third kappa shape index (κ3) is 3.80. The average Bonchev–Trinajstić information content (AvgIpc) is 2.43. The first-order chi connectivity index (χ1) is 9.92. The summed E-state index contributed by atoms with van der Waals surface area (Å²) in [6.45, 7) is 1.72. The van der Waals surface area contributed by atoms with Gasteiger partial charge in [-0.25, -0.2) is 12.8 Å². The summed E-state index contributed by atoms with van der Waals surface area (Å²) in [7, 11) is -3.83. The zero-order valence-corrected chi connectivity index (χ0v) is 12.3. The number of aliphatic hydroxyl groups is 1. The van der Waals surface area contributed by atoms with Crippen molar-refractivity contribution >= 4 is 15.7 Å². The van der Waals surface area contributed by atoms with E-state index < -0.39 is 15.8 Å². The maximum atomic E-state index is 13.7. The van der Waals surface area contributed by atoms with Crippen molar-refractivity contribution in [3.05, 3.63) is 59.4 Å². The van der Waals surface area contributed by atoms with Crippen molar-refractivity contribution in [1.82, 2.24) is 0 Å². The molecule has 0 aliphatic carbocycles. The van der Waals surface area contributed by atoms with Crippen LogP contribution in [-0.2, 0) is 16.4 Å². The molecule has 2 aromatic carbocycles. The van der Waals surface area contributed by atoms with E-state index in [4.69, 9.17) is 5.11 Å². The maximum Gasteiger partial charge on any atom is 0.261 e. The molecule has 0 atom stereocenters. The van der Waals surface area contributed by atoms with E-state index in [-0.39, 0.29) is 17.2 Å². The molecule has 2 N–H and O–H groups in total. The number of halogens is 1. The van der Waals surface area contributed by atoms with Gasteiger partial charge in [0.05, 0.1) is 10.6 Å². The molecule has 0 radical (unpaired) electrons. The molecule has 112 valence electrons. The Morgan fingerprint density at radius 1 is 1.14 bits per heavy atom. The van der Waals surface area contributed by atoms with Crippen LogP contribution >= 0.6 is 0 Å². The lowest BCUT2D eigenvalue weighted by Gasteiger charge is -2.10. The average molecular weight is 309 g/mol. The minimum Gasteiger partial charge on any atom is -0.396 e. The molecule has 0 saturated heterocycles. The highest BCUT2D eigenvalue weighted by Crippen LogP contribution is 2.20. The second kappa shape index (κ2) is 6.24. The third-order valence-corrected chi connectivity index (χ3v) is 4.38. The molecule has 4 nitrogen and oxygen atoms in total. The first-order valence-electron chi connectivity index (χ1n) is 6.41. The normalized spacial score (nSPS) is 11.4. The van der Waals surface area contributed by atoms with Gasteiger partial charge in [-0.05, 0) is 48.7 Å². The minimum absolute atomic E-state index is 0.00107. The van der Waals surface area contributed by atoms with Crippen LogP contribution in [0, 0.1) is 12.7 Å². The molecule has 0 aliphatic heterocycles. The number of anilines is 1. The summed E-state index contributed by atoms with van der Waals surface area (Å²) in [5.41, 5.74) is 1.46. The number of aliphatic hydroxyl groups excluding tert-OH is 1. The van der Waals surface area contributed by atoms with E-state index in [0.717, 1.165) is 5.56 Å². The Balaban J connectivity index is 2.25. The van der Waals surface area contributed by atoms with Crippen LogP contribution in [0.4, 0.5) is 10.1 Å². The molecule has 0 fully saturated rings. The SMILES string of the molecule is Cc1ccc(NS(=O)(=O)c2ccc(CCO)cc2)c(F)c1. The largest absolute Gasteiger partial charge is 0.396 e. The molecule has 2 rings (SSSR count). The van der Waals surface area contributed by atoms with E-state index >= 15 is 0 Å². The summed E-state index contributed by atoms with van der Waals surface area (Å²) >= 11 is 0. The van der Waals surface area contributed by atoms with Crippen molar-refractivity contribution < 1.29 is 17.9 Å². The van der Waals surface area contributed by atoms with E-state index in [9.17, 15) is 12.8 Å². The van der Waals surface area contributed by atoms with Crippen molar-refractivity contribution in [3.8, 4) is 0 Å². The molecule has 0 amide bonds. The van der Waals surface area contributed by atoms with Crippen LogP contribution < -0.4 is 4.72 Å². The Labute approximate surface area is 123 Å². The van der Waals surface area contributed by atoms with E-state index in [1.807, 2.05) is 0 Å². The molecular formula is C15H16FNO3S. The van der Waals surface area contributed by atoms with Gasteiger partial charge in [0, 0.05) is 6.61 Å². The molecule has 0 saturated carbocycles. The number of hydrogen-bond acceptors (Lipinski definition) is 3. The van der Waals surface area contributed by atoms with Gasteiger partial charge in [-0.3, -0.25) is 4.72 Å². The maximum absolute atomic E-state index is 13.7. The molecule has 0 unspecified atom stereocenters. The Bertz CT molecular complexity index is 727. The Kier molecular flexibility index (Phi) is 4.59. The van der Waals surface area contributed by atoms with Crippen LogP contribution in [-0.4, -0.2) is 20.1 Å². The topological polar surface area (TPSA) is 66.4 Å². The van der Waals surface area contributed by atoms with Crippen LogP contribution in [0.5, 0.6) is 0 Å². The van der Waals surface area contributed by atoms with E-state index in [2.05, 4.69) is 4.72 Å². The van der Waals surface area contributed by atoms with Crippen molar-refractivity contribution in [2.24, 2.45) is 0 Å². The number of benzene rings is 2. The number of nitrogens with one attached hydrogen (secondary N) is 1. The number of sulfonamides is 1. The Hall–Kier alpha value is -1.92. The second-order valence-electron chi connectivity index (χ2n) is 4.71. The summed E-state index contributed by atoms with van der Waals surface area (Å²) in [5.74, 6) is -0.615. The monoisotopic (exact) mass is 309 g/mol. The number of aryl methyl sites for hydroxylation is 1. The lowest BCUT2D eigenvalue weighted by Crippen LogP contribution is -2.14. The van der Waals surface area contributed by atoms with Crippen LogP contribution in [0.3, 0.4) is 0 Å². The third-order valence-electron chi connectivity index (χ3n) is 3.00. The predicted octanol–water partition coefficient (Wildman–Crippen LogP) is 2.47. The minimum atomic E-state index is -3.83. The summed E-state index contributed by atoms with van der Waals surface area (Å²) in [5, 5.41) is 8.82. The quantitative estimate of drug-likeness (QED) is 0.891. The fraction of sp³-hybridized carbons (Fsp3) is 0.200. The van der Waals surface area contributed by atoms with Gasteiger partial charge in [0.1, 0.15) is 5.82 Å². The molecule has 0 aliphatic rings. The molecule has 0 heterocycles. The molecule has 6 heteroatoms. The van der Waals surface area contributed by atoms with Gasteiger partial charge in [-0.15, -0.1) is 0 Å². The van der Waals surface area contributed by atoms with Crippen LogP contribution in [0.15, 0.2) is 47.4 Å². The lowest BCUT2D eigenvalue weighted by atomic mass is 10.2. The fourth-order valence-corrected chi connectivity index (χ4v) is 2.94. The summed E-state index contributed by atoms with van der Waals surface area (Å²) in [6, 6.07) is 10.4. The highest BCUT2D eigenvalue weighted by atomic mass is 32.2. The van der Waals surface area contributed by atoms with Crippen molar-refractivity contribution in [2.45, 2.75) is 18.2 Å². The fourth-order valence-electron chi connectivity index (χ4n) is 1.87. The predicted molar refractivity (Wildman–Crippen MR) is 79.2 cm³/mol. The summed E-state index contributed by atoms with van der Waals surface area (Å²) in [6.07, 6.45) is 0.459. The van der Waals surface area contributed by atoms with Crippen LogP contribution in [0.25, 0.3) is 0 Å². The smallest absolute Gasteiger partial charge is 0.261 e. The van der Waals surface area contributed by atoms with Crippen molar-refractivity contribution in [1.29, 1.82) is 0 Å². The Morgan fingerprint density at radius 2 is 1.81 bits per heavy atom. The van der Waals surface area contributed by atoms with Crippen molar-refractivity contribution in [3.63, 3.8) is 0 Å². The van der Waals surface area contributed by atoms with Gasteiger partial charge >= 0.3 is 0 Å². The zero-order chi connectivity index (χ0) is 15.5. The van der Waals surface area contributed by atoms with Gasteiger partial charge in [-0.1, -0.05) is 18.2 Å². The lowest BCUT2D eigenvalue weighted by molar-refractivity contribution is 0.299. The van der Waals surface area contributed by atoms with E-state index in [0.29, 0.717) is 12.0 Å². The molecular weight excluding hydrogens is 293 g/mol. The van der Waals surface area contributed by atoms with Gasteiger partial charge in [0.25, 0.3) is 10.0 Å². The van der Waals surface area contributed by atoms with E-state index in [1.54, 1.807) is 25.1 Å². The zero-order valence-electron chi connectivity index (χ0n) is 11.5. The van der Waals surface area contributed by atoms with Gasteiger partial charge in [0.2, 0.25) is 0 Å². The standard InChI is InChI=1S/C15H16FNO3S/c1-11-2-7-15(14(16)10-11)17-21(19,20)13-5-3-12(4-6-13)8-9-18/h2-7,10,17-18H,8-9H2,1H3. The first kappa shape index (κ1) is 15.5. The van der Waals surface area contributed by atoms with Gasteiger partial charge < -0.3 is 5.11 Å². The summed E-state index contributed by atoms with van der Waals surface area (Å²) < 4.78 is 40.3. The molecule has 0 aromatic heterocycles. The molecule has 0 spiro atoms. The Morgan fingerprint density at radius 3 is 2.38 bits per heavy atom. The second-order valence-corrected chi connectivity index (χ2v) is 6.39. The number of hydrogen-bond donors (Lipinski definition) is 2. The number of rotatable bonds is 5. The van der Waals surface area contributed by atoms with Crippen LogP contribution in [0.1, 0.15) is 11.1 Å². The first-order valence-corrected chi connectivity index (χ1v) is 7.89. The van der Waals surface area contributed by atoms with E-state index in [1.165, 1.54) is 24.3 Å². The molecule has 21 heavy (non-hydrogen) atoms.